The van der Waals surface area contributed by atoms with E-state index >= 15 is 0 Å². The fraction of sp³-hybridized carbons (Fsp3) is 0.353. The van der Waals surface area contributed by atoms with Crippen LogP contribution in [0.1, 0.15) is 36.1 Å². The molecule has 1 aromatic carbocycles. The van der Waals surface area contributed by atoms with Gasteiger partial charge in [0.1, 0.15) is 11.6 Å². The molecule has 0 aliphatic heterocycles. The molecule has 0 saturated carbocycles. The SMILES string of the molecule is CCCNC(Cc1cccnc1)c1c(F)ccc(C)c1F. The fourth-order valence-corrected chi connectivity index (χ4v) is 2.35. The van der Waals surface area contributed by atoms with Crippen molar-refractivity contribution < 1.29 is 8.78 Å². The molecule has 2 nitrogen and oxygen atoms in total. The minimum atomic E-state index is -0.504. The van der Waals surface area contributed by atoms with Crippen molar-refractivity contribution in [2.75, 3.05) is 6.54 Å². The highest BCUT2D eigenvalue weighted by molar-refractivity contribution is 5.30. The standard InChI is InChI=1S/C17H20F2N2/c1-3-8-21-15(10-13-5-4-9-20-11-13)16-14(18)7-6-12(2)17(16)19/h4-7,9,11,15,21H,3,8,10H2,1-2H3. The third kappa shape index (κ3) is 3.85. The highest BCUT2D eigenvalue weighted by atomic mass is 19.1. The Hall–Kier alpha value is -1.81. The molecular formula is C17H20F2N2. The summed E-state index contributed by atoms with van der Waals surface area (Å²) in [4.78, 5) is 4.06. The first-order chi connectivity index (χ1) is 10.1. The van der Waals surface area contributed by atoms with Crippen LogP contribution in [0.4, 0.5) is 8.78 Å². The Morgan fingerprint density at radius 3 is 2.71 bits per heavy atom. The predicted octanol–water partition coefficient (Wildman–Crippen LogP) is 3.95. The maximum absolute atomic E-state index is 14.3. The molecule has 112 valence electrons. The molecule has 0 saturated heterocycles. The van der Waals surface area contributed by atoms with Crippen molar-refractivity contribution in [3.63, 3.8) is 0 Å². The smallest absolute Gasteiger partial charge is 0.133 e. The molecule has 0 bridgehead atoms. The van der Waals surface area contributed by atoms with Gasteiger partial charge in [0, 0.05) is 24.0 Å². The van der Waals surface area contributed by atoms with Gasteiger partial charge in [-0.3, -0.25) is 4.98 Å². The average Bonchev–Trinajstić information content (AvgIpc) is 2.50. The normalized spacial score (nSPS) is 12.4. The number of benzene rings is 1. The lowest BCUT2D eigenvalue weighted by molar-refractivity contribution is 0.461. The van der Waals surface area contributed by atoms with Crippen molar-refractivity contribution in [1.29, 1.82) is 0 Å². The van der Waals surface area contributed by atoms with E-state index in [1.807, 2.05) is 19.1 Å². The van der Waals surface area contributed by atoms with Crippen LogP contribution in [-0.2, 0) is 6.42 Å². The summed E-state index contributed by atoms with van der Waals surface area (Å²) in [6, 6.07) is 6.15. The van der Waals surface area contributed by atoms with Crippen LogP contribution in [0, 0.1) is 18.6 Å². The van der Waals surface area contributed by atoms with E-state index in [4.69, 9.17) is 0 Å². The third-order valence-electron chi connectivity index (χ3n) is 3.47. The molecule has 2 rings (SSSR count). The van der Waals surface area contributed by atoms with Crippen LogP contribution in [0.15, 0.2) is 36.7 Å². The monoisotopic (exact) mass is 290 g/mol. The fourth-order valence-electron chi connectivity index (χ4n) is 2.35. The molecule has 0 aliphatic rings. The predicted molar refractivity (Wildman–Crippen MR) is 80.1 cm³/mol. The molecule has 1 heterocycles. The number of aromatic nitrogens is 1. The Kier molecular flexibility index (Phi) is 5.39. The molecule has 1 N–H and O–H groups in total. The molecule has 0 spiro atoms. The lowest BCUT2D eigenvalue weighted by atomic mass is 9.97. The zero-order valence-electron chi connectivity index (χ0n) is 12.4. The zero-order valence-corrected chi connectivity index (χ0v) is 12.4. The number of nitrogens with one attached hydrogen (secondary N) is 1. The van der Waals surface area contributed by atoms with E-state index in [9.17, 15) is 8.78 Å². The topological polar surface area (TPSA) is 24.9 Å². The molecule has 0 fully saturated rings. The lowest BCUT2D eigenvalue weighted by Gasteiger charge is -2.21. The Morgan fingerprint density at radius 2 is 2.05 bits per heavy atom. The molecule has 21 heavy (non-hydrogen) atoms. The average molecular weight is 290 g/mol. The van der Waals surface area contributed by atoms with Crippen LogP contribution < -0.4 is 5.32 Å². The second-order valence-electron chi connectivity index (χ2n) is 5.16. The molecule has 1 unspecified atom stereocenters. The number of hydrogen-bond acceptors (Lipinski definition) is 2. The largest absolute Gasteiger partial charge is 0.309 e. The van der Waals surface area contributed by atoms with Crippen molar-refractivity contribution in [1.82, 2.24) is 10.3 Å². The summed E-state index contributed by atoms with van der Waals surface area (Å²) in [5.74, 6) is -0.969. The molecular weight excluding hydrogens is 270 g/mol. The molecule has 0 amide bonds. The van der Waals surface area contributed by atoms with E-state index in [0.29, 0.717) is 18.5 Å². The van der Waals surface area contributed by atoms with E-state index in [1.54, 1.807) is 19.3 Å². The minimum absolute atomic E-state index is 0.118. The summed E-state index contributed by atoms with van der Waals surface area (Å²) in [7, 11) is 0. The van der Waals surface area contributed by atoms with Crippen molar-refractivity contribution in [2.24, 2.45) is 0 Å². The van der Waals surface area contributed by atoms with Gasteiger partial charge in [0.25, 0.3) is 0 Å². The van der Waals surface area contributed by atoms with Gasteiger partial charge in [-0.15, -0.1) is 0 Å². The van der Waals surface area contributed by atoms with Crippen LogP contribution in [0.2, 0.25) is 0 Å². The van der Waals surface area contributed by atoms with E-state index in [2.05, 4.69) is 10.3 Å². The van der Waals surface area contributed by atoms with E-state index in [-0.39, 0.29) is 5.56 Å². The number of aryl methyl sites for hydroxylation is 1. The second-order valence-corrected chi connectivity index (χ2v) is 5.16. The first-order valence-electron chi connectivity index (χ1n) is 7.20. The van der Waals surface area contributed by atoms with Crippen molar-refractivity contribution in [3.8, 4) is 0 Å². The van der Waals surface area contributed by atoms with Crippen LogP contribution in [0.3, 0.4) is 0 Å². The van der Waals surface area contributed by atoms with Crippen molar-refractivity contribution in [3.05, 3.63) is 65.0 Å². The summed E-state index contributed by atoms with van der Waals surface area (Å²) in [6.07, 6.45) is 4.82. The number of rotatable bonds is 6. The Bertz CT molecular complexity index is 585. The van der Waals surface area contributed by atoms with Crippen LogP contribution in [0.5, 0.6) is 0 Å². The van der Waals surface area contributed by atoms with Gasteiger partial charge in [-0.1, -0.05) is 19.1 Å². The zero-order chi connectivity index (χ0) is 15.2. The summed E-state index contributed by atoms with van der Waals surface area (Å²) in [5.41, 5.74) is 1.53. The molecule has 0 radical (unpaired) electrons. The summed E-state index contributed by atoms with van der Waals surface area (Å²) in [6.45, 7) is 4.38. The van der Waals surface area contributed by atoms with Gasteiger partial charge in [0.2, 0.25) is 0 Å². The van der Waals surface area contributed by atoms with Crippen molar-refractivity contribution in [2.45, 2.75) is 32.7 Å². The molecule has 1 atom stereocenters. The number of nitrogens with zero attached hydrogens (tertiary/aromatic N) is 1. The minimum Gasteiger partial charge on any atom is -0.309 e. The van der Waals surface area contributed by atoms with Gasteiger partial charge in [-0.2, -0.15) is 0 Å². The van der Waals surface area contributed by atoms with Gasteiger partial charge in [0.05, 0.1) is 0 Å². The van der Waals surface area contributed by atoms with Crippen molar-refractivity contribution >= 4 is 0 Å². The van der Waals surface area contributed by atoms with Crippen LogP contribution in [-0.4, -0.2) is 11.5 Å². The van der Waals surface area contributed by atoms with Crippen LogP contribution in [0.25, 0.3) is 0 Å². The highest BCUT2D eigenvalue weighted by Gasteiger charge is 2.21. The highest BCUT2D eigenvalue weighted by Crippen LogP contribution is 2.26. The number of halogens is 2. The molecule has 1 aromatic heterocycles. The van der Waals surface area contributed by atoms with E-state index in [1.165, 1.54) is 12.1 Å². The third-order valence-corrected chi connectivity index (χ3v) is 3.47. The molecule has 2 aromatic rings. The van der Waals surface area contributed by atoms with Gasteiger partial charge < -0.3 is 5.32 Å². The van der Waals surface area contributed by atoms with E-state index < -0.39 is 17.7 Å². The molecule has 4 heteroatoms. The summed E-state index contributed by atoms with van der Waals surface area (Å²) >= 11 is 0. The number of hydrogen-bond donors (Lipinski definition) is 1. The van der Waals surface area contributed by atoms with Crippen LogP contribution >= 0.6 is 0 Å². The van der Waals surface area contributed by atoms with Gasteiger partial charge in [-0.25, -0.2) is 8.78 Å². The Labute approximate surface area is 124 Å². The quantitative estimate of drug-likeness (QED) is 0.871. The summed E-state index contributed by atoms with van der Waals surface area (Å²) < 4.78 is 28.5. The maximum Gasteiger partial charge on any atom is 0.133 e. The van der Waals surface area contributed by atoms with Gasteiger partial charge in [0.15, 0.2) is 0 Å². The second kappa shape index (κ2) is 7.27. The lowest BCUT2D eigenvalue weighted by Crippen LogP contribution is -2.26. The first kappa shape index (κ1) is 15.6. The number of pyridine rings is 1. The van der Waals surface area contributed by atoms with Gasteiger partial charge >= 0.3 is 0 Å². The molecule has 0 aliphatic carbocycles. The summed E-state index contributed by atoms with van der Waals surface area (Å²) in [5, 5.41) is 3.24. The maximum atomic E-state index is 14.3. The van der Waals surface area contributed by atoms with E-state index in [0.717, 1.165) is 12.0 Å². The first-order valence-corrected chi connectivity index (χ1v) is 7.20. The Morgan fingerprint density at radius 1 is 1.24 bits per heavy atom. The Balaban J connectivity index is 2.34. The van der Waals surface area contributed by atoms with Gasteiger partial charge in [-0.05, 0) is 49.6 Å².